The van der Waals surface area contributed by atoms with Crippen LogP contribution in [0.3, 0.4) is 0 Å². The Bertz CT molecular complexity index is 1490. The van der Waals surface area contributed by atoms with Crippen LogP contribution in [0.25, 0.3) is 16.9 Å². The van der Waals surface area contributed by atoms with Crippen molar-refractivity contribution in [2.45, 2.75) is 6.42 Å². The highest BCUT2D eigenvalue weighted by molar-refractivity contribution is 6.34. The van der Waals surface area contributed by atoms with E-state index in [1.54, 1.807) is 28.8 Å². The van der Waals surface area contributed by atoms with Crippen molar-refractivity contribution in [1.82, 2.24) is 19.7 Å². The predicted molar refractivity (Wildman–Crippen MR) is 146 cm³/mol. The third-order valence-electron chi connectivity index (χ3n) is 6.38. The molecule has 0 unspecified atom stereocenters. The number of nitrogens with one attached hydrogen (secondary N) is 2. The number of halogens is 3. The molecule has 12 heteroatoms. The Morgan fingerprint density at radius 2 is 1.95 bits per heavy atom. The second kappa shape index (κ2) is 11.9. The molecule has 3 N–H and O–H groups in total. The molecule has 2 aromatic carbocycles. The average molecular weight is 560 g/mol. The number of aliphatic hydroxyl groups excluding tert-OH is 1. The normalized spacial score (nSPS) is 11.6. The molecule has 0 spiro atoms. The molecule has 0 aliphatic carbocycles. The van der Waals surface area contributed by atoms with E-state index in [0.29, 0.717) is 46.0 Å². The van der Waals surface area contributed by atoms with Crippen molar-refractivity contribution in [3.8, 4) is 17.0 Å². The van der Waals surface area contributed by atoms with E-state index in [2.05, 4.69) is 20.6 Å². The van der Waals surface area contributed by atoms with Crippen molar-refractivity contribution in [1.29, 1.82) is 0 Å². The smallest absolute Gasteiger partial charge is 0.252 e. The minimum atomic E-state index is -1.08. The summed E-state index contributed by atoms with van der Waals surface area (Å²) >= 11 is 6.42. The molecule has 0 bridgehead atoms. The van der Waals surface area contributed by atoms with Crippen molar-refractivity contribution in [3.05, 3.63) is 71.1 Å². The van der Waals surface area contributed by atoms with Crippen LogP contribution >= 0.6 is 11.6 Å². The number of likely N-dealkylation sites (N-methyl/N-ethyl adjacent to an activating group) is 1. The van der Waals surface area contributed by atoms with Crippen LogP contribution in [0.2, 0.25) is 5.02 Å². The molecule has 0 aliphatic rings. The first kappa shape index (κ1) is 28.2. The number of benzene rings is 2. The van der Waals surface area contributed by atoms with Crippen LogP contribution in [0.4, 0.5) is 20.3 Å². The number of quaternary nitrogens is 1. The van der Waals surface area contributed by atoms with Gasteiger partial charge in [-0.1, -0.05) is 11.6 Å². The summed E-state index contributed by atoms with van der Waals surface area (Å²) in [5.74, 6) is -2.25. The summed E-state index contributed by atoms with van der Waals surface area (Å²) in [5.41, 5.74) is 1.62. The van der Waals surface area contributed by atoms with Crippen LogP contribution in [-0.4, -0.2) is 77.3 Å². The topological polar surface area (TPSA) is 101 Å². The number of aliphatic hydroxyl groups is 1. The molecule has 2 aromatic heterocycles. The monoisotopic (exact) mass is 559 g/mol. The zero-order chi connectivity index (χ0) is 28.2. The van der Waals surface area contributed by atoms with E-state index >= 15 is 0 Å². The highest BCUT2D eigenvalue weighted by atomic mass is 35.5. The lowest BCUT2D eigenvalue weighted by Gasteiger charge is -2.28. The molecule has 4 aromatic rings. The van der Waals surface area contributed by atoms with Crippen molar-refractivity contribution in [2.24, 2.45) is 0 Å². The van der Waals surface area contributed by atoms with Crippen LogP contribution in [0.5, 0.6) is 5.75 Å². The summed E-state index contributed by atoms with van der Waals surface area (Å²) in [7, 11) is 5.32. The molecule has 0 saturated heterocycles. The van der Waals surface area contributed by atoms with E-state index in [1.165, 1.54) is 31.6 Å². The summed E-state index contributed by atoms with van der Waals surface area (Å²) in [6.45, 7) is 2.05. The summed E-state index contributed by atoms with van der Waals surface area (Å²) in [5, 5.41) is 15.4. The number of hydrogen-bond acceptors (Lipinski definition) is 6. The summed E-state index contributed by atoms with van der Waals surface area (Å²) in [4.78, 5) is 21.3. The fourth-order valence-electron chi connectivity index (χ4n) is 4.19. The van der Waals surface area contributed by atoms with Gasteiger partial charge in [-0.15, -0.1) is 0 Å². The number of rotatable bonds is 11. The van der Waals surface area contributed by atoms with Crippen molar-refractivity contribution >= 4 is 34.7 Å². The van der Waals surface area contributed by atoms with Crippen molar-refractivity contribution < 1.29 is 27.9 Å². The maximum Gasteiger partial charge on any atom is 0.252 e. The number of imidazole rings is 1. The lowest BCUT2D eigenvalue weighted by atomic mass is 10.1. The summed E-state index contributed by atoms with van der Waals surface area (Å²) < 4.78 is 36.1. The molecule has 0 fully saturated rings. The number of fused-ring (bicyclic) bond motifs is 1. The van der Waals surface area contributed by atoms with Crippen molar-refractivity contribution in [3.63, 3.8) is 0 Å². The Morgan fingerprint density at radius 1 is 1.15 bits per heavy atom. The molecule has 2 heterocycles. The van der Waals surface area contributed by atoms with Gasteiger partial charge in [0.25, 0.3) is 5.91 Å². The van der Waals surface area contributed by atoms with Gasteiger partial charge in [-0.3, -0.25) is 9.20 Å². The van der Waals surface area contributed by atoms with Gasteiger partial charge in [-0.2, -0.15) is 4.39 Å². The van der Waals surface area contributed by atoms with Gasteiger partial charge in [0.05, 0.1) is 56.8 Å². The van der Waals surface area contributed by atoms with Gasteiger partial charge in [0.2, 0.25) is 5.82 Å². The number of nitrogens with zero attached hydrogens (tertiary/aromatic N) is 4. The molecular formula is C27H30ClF2N6O3+. The number of ether oxygens (including phenoxy) is 1. The molecule has 0 aliphatic heterocycles. The highest BCUT2D eigenvalue weighted by Gasteiger charge is 2.20. The zero-order valence-corrected chi connectivity index (χ0v) is 22.6. The second-order valence-corrected chi connectivity index (χ2v) is 10.00. The number of hydrogen-bond donors (Lipinski definition) is 3. The van der Waals surface area contributed by atoms with E-state index in [9.17, 15) is 13.6 Å². The second-order valence-electron chi connectivity index (χ2n) is 9.59. The third kappa shape index (κ3) is 6.27. The lowest BCUT2D eigenvalue weighted by Crippen LogP contribution is -2.43. The first-order chi connectivity index (χ1) is 18.6. The Kier molecular flexibility index (Phi) is 8.63. The van der Waals surface area contributed by atoms with Crippen molar-refractivity contribution in [2.75, 3.05) is 52.8 Å². The van der Waals surface area contributed by atoms with E-state index in [1.807, 2.05) is 14.1 Å². The third-order valence-corrected chi connectivity index (χ3v) is 6.69. The number of carbonyl (C=O) groups excluding carboxylic acids is 1. The van der Waals surface area contributed by atoms with Gasteiger partial charge in [-0.25, -0.2) is 14.4 Å². The van der Waals surface area contributed by atoms with Gasteiger partial charge in [0.15, 0.2) is 23.0 Å². The number of anilines is 2. The fourth-order valence-corrected chi connectivity index (χ4v) is 4.46. The number of carbonyl (C=O) groups is 1. The van der Waals surface area contributed by atoms with Gasteiger partial charge < -0.3 is 25.0 Å². The van der Waals surface area contributed by atoms with E-state index in [0.717, 1.165) is 13.0 Å². The molecule has 1 amide bonds. The summed E-state index contributed by atoms with van der Waals surface area (Å²) in [6.07, 6.45) is 5.28. The number of aromatic nitrogens is 3. The fraction of sp³-hybridized carbons (Fsp3) is 0.296. The maximum absolute atomic E-state index is 14.7. The first-order valence-electron chi connectivity index (χ1n) is 12.3. The number of methoxy groups -OCH3 is 1. The Balaban J connectivity index is 1.48. The standard InChI is InChI=1S/C27H29ClF2N6O3/c1-36(2,13-14-37)12-4-9-32-27(38)18-6-5-17(15-20(18)28)34-25-26-33-16-21(35(26)11-10-31-25)19-7-8-22(39-3)24(30)23(19)29/h5-8,10-11,15-16,37H,4,9,12-14H2,1-3H3,(H-,31,32,34,38)/p+1. The average Bonchev–Trinajstić information content (AvgIpc) is 3.33. The molecule has 206 valence electrons. The van der Waals surface area contributed by atoms with Crippen LogP contribution < -0.4 is 15.4 Å². The Labute approximate surface area is 229 Å². The molecule has 0 saturated carbocycles. The van der Waals surface area contributed by atoms with Crippen LogP contribution in [0.1, 0.15) is 16.8 Å². The van der Waals surface area contributed by atoms with E-state index < -0.39 is 11.6 Å². The maximum atomic E-state index is 14.7. The minimum Gasteiger partial charge on any atom is -0.494 e. The van der Waals surface area contributed by atoms with Gasteiger partial charge in [-0.05, 0) is 30.3 Å². The molecule has 0 radical (unpaired) electrons. The summed E-state index contributed by atoms with van der Waals surface area (Å²) in [6, 6.07) is 7.68. The van der Waals surface area contributed by atoms with Gasteiger partial charge >= 0.3 is 0 Å². The molecule has 39 heavy (non-hydrogen) atoms. The van der Waals surface area contributed by atoms with E-state index in [-0.39, 0.29) is 28.8 Å². The SMILES string of the molecule is COc1ccc(-c2cnc3c(Nc4ccc(C(=O)NCCC[N+](C)(C)CCO)c(Cl)c4)nccn23)c(F)c1F. The lowest BCUT2D eigenvalue weighted by molar-refractivity contribution is -0.890. The van der Waals surface area contributed by atoms with Crippen LogP contribution in [0, 0.1) is 11.6 Å². The minimum absolute atomic E-state index is 0.0206. The quantitative estimate of drug-likeness (QED) is 0.187. The number of amides is 1. The van der Waals surface area contributed by atoms with Gasteiger partial charge in [0.1, 0.15) is 6.54 Å². The Hall–Kier alpha value is -3.80. The zero-order valence-electron chi connectivity index (χ0n) is 21.8. The van der Waals surface area contributed by atoms with Gasteiger partial charge in [0, 0.05) is 36.6 Å². The molecule has 9 nitrogen and oxygen atoms in total. The largest absolute Gasteiger partial charge is 0.494 e. The predicted octanol–water partition coefficient (Wildman–Crippen LogP) is 4.27. The van der Waals surface area contributed by atoms with Crippen LogP contribution in [-0.2, 0) is 0 Å². The van der Waals surface area contributed by atoms with E-state index in [4.69, 9.17) is 21.4 Å². The Morgan fingerprint density at radius 3 is 2.67 bits per heavy atom. The molecular weight excluding hydrogens is 530 g/mol. The molecule has 0 atom stereocenters. The molecule has 4 rings (SSSR count). The highest BCUT2D eigenvalue weighted by Crippen LogP contribution is 2.32. The first-order valence-corrected chi connectivity index (χ1v) is 12.6. The van der Waals surface area contributed by atoms with Crippen LogP contribution in [0.15, 0.2) is 48.9 Å².